The highest BCUT2D eigenvalue weighted by molar-refractivity contribution is 5.99. The molecule has 0 spiro atoms. The Balaban J connectivity index is 1.96. The number of carbonyl (C=O) groups excluding carboxylic acids is 2. The average molecular weight is 408 g/mol. The van der Waals surface area contributed by atoms with Crippen LogP contribution < -0.4 is 20.1 Å². The predicted molar refractivity (Wildman–Crippen MR) is 114 cm³/mol. The zero-order chi connectivity index (χ0) is 21.7. The summed E-state index contributed by atoms with van der Waals surface area (Å²) >= 11 is 0. The number of fused-ring (bicyclic) bond motifs is 1. The highest BCUT2D eigenvalue weighted by Crippen LogP contribution is 2.42. The smallest absolute Gasteiger partial charge is 0.308 e. The molecule has 0 bridgehead atoms. The SMILES string of the molecule is COc1cc2ncncc2c(Nc2ccc(C(C)CNC(C)=O)cc2)c1OC(C)=O. The summed E-state index contributed by atoms with van der Waals surface area (Å²) in [6.07, 6.45) is 3.10. The van der Waals surface area contributed by atoms with Crippen molar-refractivity contribution in [1.29, 1.82) is 0 Å². The van der Waals surface area contributed by atoms with Crippen LogP contribution in [-0.4, -0.2) is 35.5 Å². The molecule has 1 amide bonds. The van der Waals surface area contributed by atoms with Crippen LogP contribution in [0.1, 0.15) is 32.3 Å². The number of amides is 1. The maximum Gasteiger partial charge on any atom is 0.308 e. The maximum atomic E-state index is 11.7. The van der Waals surface area contributed by atoms with Gasteiger partial charge in [-0.3, -0.25) is 9.59 Å². The summed E-state index contributed by atoms with van der Waals surface area (Å²) in [6, 6.07) is 9.52. The summed E-state index contributed by atoms with van der Waals surface area (Å²) < 4.78 is 10.9. The number of rotatable bonds is 7. The molecule has 3 aromatic rings. The molecule has 0 aliphatic carbocycles. The second-order valence-corrected chi connectivity index (χ2v) is 6.92. The van der Waals surface area contributed by atoms with Crippen LogP contribution in [0.25, 0.3) is 10.9 Å². The Hall–Kier alpha value is -3.68. The number of esters is 1. The van der Waals surface area contributed by atoms with Crippen LogP contribution in [0.5, 0.6) is 11.5 Å². The lowest BCUT2D eigenvalue weighted by atomic mass is 10.0. The lowest BCUT2D eigenvalue weighted by Gasteiger charge is -2.18. The summed E-state index contributed by atoms with van der Waals surface area (Å²) in [5.41, 5.74) is 3.07. The number of carbonyl (C=O) groups is 2. The highest BCUT2D eigenvalue weighted by atomic mass is 16.6. The Kier molecular flexibility index (Phi) is 6.46. The van der Waals surface area contributed by atoms with Gasteiger partial charge in [0.1, 0.15) is 6.33 Å². The van der Waals surface area contributed by atoms with E-state index < -0.39 is 5.97 Å². The van der Waals surface area contributed by atoms with Crippen molar-refractivity contribution in [1.82, 2.24) is 15.3 Å². The Morgan fingerprint density at radius 3 is 2.53 bits per heavy atom. The molecule has 30 heavy (non-hydrogen) atoms. The van der Waals surface area contributed by atoms with Crippen LogP contribution in [0.4, 0.5) is 11.4 Å². The van der Waals surface area contributed by atoms with Crippen molar-refractivity contribution in [3.8, 4) is 11.5 Å². The van der Waals surface area contributed by atoms with E-state index >= 15 is 0 Å². The van der Waals surface area contributed by atoms with Gasteiger partial charge >= 0.3 is 5.97 Å². The number of methoxy groups -OCH3 is 1. The number of benzene rings is 2. The van der Waals surface area contributed by atoms with E-state index in [1.54, 1.807) is 12.3 Å². The zero-order valence-electron chi connectivity index (χ0n) is 17.4. The van der Waals surface area contributed by atoms with Crippen molar-refractivity contribution < 1.29 is 19.1 Å². The third-order valence-corrected chi connectivity index (χ3v) is 4.60. The van der Waals surface area contributed by atoms with E-state index in [2.05, 4.69) is 20.6 Å². The first-order valence-electron chi connectivity index (χ1n) is 9.49. The summed E-state index contributed by atoms with van der Waals surface area (Å²) in [5, 5.41) is 6.82. The fourth-order valence-corrected chi connectivity index (χ4v) is 3.06. The van der Waals surface area contributed by atoms with E-state index in [0.29, 0.717) is 28.9 Å². The van der Waals surface area contributed by atoms with E-state index in [1.807, 2.05) is 31.2 Å². The van der Waals surface area contributed by atoms with Gasteiger partial charge in [0, 0.05) is 43.7 Å². The van der Waals surface area contributed by atoms with Crippen LogP contribution >= 0.6 is 0 Å². The summed E-state index contributed by atoms with van der Waals surface area (Å²) in [6.45, 7) is 5.45. The summed E-state index contributed by atoms with van der Waals surface area (Å²) in [5.74, 6) is 0.320. The average Bonchev–Trinajstić information content (AvgIpc) is 2.73. The number of hydrogen-bond donors (Lipinski definition) is 2. The number of nitrogens with zero attached hydrogens (tertiary/aromatic N) is 2. The number of nitrogens with one attached hydrogen (secondary N) is 2. The minimum absolute atomic E-state index is 0.0507. The topological polar surface area (TPSA) is 102 Å². The van der Waals surface area contributed by atoms with E-state index in [1.165, 1.54) is 27.3 Å². The molecule has 1 unspecified atom stereocenters. The molecule has 2 aromatic carbocycles. The van der Waals surface area contributed by atoms with Crippen LogP contribution in [0.2, 0.25) is 0 Å². The summed E-state index contributed by atoms with van der Waals surface area (Å²) in [7, 11) is 1.50. The third kappa shape index (κ3) is 4.83. The van der Waals surface area contributed by atoms with Crippen LogP contribution in [0.15, 0.2) is 42.9 Å². The number of ether oxygens (including phenoxy) is 2. The Morgan fingerprint density at radius 2 is 1.90 bits per heavy atom. The molecule has 0 aliphatic rings. The molecule has 0 fully saturated rings. The molecule has 0 radical (unpaired) electrons. The molecule has 3 rings (SSSR count). The molecule has 1 heterocycles. The fraction of sp³-hybridized carbons (Fsp3) is 0.273. The van der Waals surface area contributed by atoms with E-state index in [0.717, 1.165) is 11.3 Å². The van der Waals surface area contributed by atoms with Gasteiger partial charge in [0.05, 0.1) is 18.3 Å². The van der Waals surface area contributed by atoms with Gasteiger partial charge in [0.25, 0.3) is 0 Å². The van der Waals surface area contributed by atoms with Gasteiger partial charge in [-0.2, -0.15) is 0 Å². The molecule has 8 nitrogen and oxygen atoms in total. The van der Waals surface area contributed by atoms with Crippen molar-refractivity contribution in [2.75, 3.05) is 19.0 Å². The third-order valence-electron chi connectivity index (χ3n) is 4.60. The molecular weight excluding hydrogens is 384 g/mol. The molecule has 1 aromatic heterocycles. The van der Waals surface area contributed by atoms with Crippen molar-refractivity contribution >= 4 is 34.2 Å². The first-order chi connectivity index (χ1) is 14.4. The number of hydrogen-bond acceptors (Lipinski definition) is 7. The maximum absolute atomic E-state index is 11.7. The molecule has 2 N–H and O–H groups in total. The van der Waals surface area contributed by atoms with Crippen LogP contribution in [0, 0.1) is 0 Å². The molecule has 0 aliphatic heterocycles. The van der Waals surface area contributed by atoms with E-state index in [-0.39, 0.29) is 17.6 Å². The lowest BCUT2D eigenvalue weighted by Crippen LogP contribution is -2.24. The van der Waals surface area contributed by atoms with Gasteiger partial charge < -0.3 is 20.1 Å². The second-order valence-electron chi connectivity index (χ2n) is 6.92. The van der Waals surface area contributed by atoms with Crippen molar-refractivity contribution in [3.63, 3.8) is 0 Å². The molecule has 8 heteroatoms. The van der Waals surface area contributed by atoms with Gasteiger partial charge in [0.2, 0.25) is 5.91 Å². The Morgan fingerprint density at radius 1 is 1.17 bits per heavy atom. The van der Waals surface area contributed by atoms with Crippen molar-refractivity contribution in [2.45, 2.75) is 26.7 Å². The van der Waals surface area contributed by atoms with Crippen LogP contribution in [0.3, 0.4) is 0 Å². The first kappa shape index (κ1) is 21.0. The van der Waals surface area contributed by atoms with Gasteiger partial charge in [-0.1, -0.05) is 19.1 Å². The van der Waals surface area contributed by atoms with Crippen LogP contribution in [-0.2, 0) is 9.59 Å². The molecule has 1 atom stereocenters. The standard InChI is InChI=1S/C22H24N4O4/c1-13(10-24-14(2)27)16-5-7-17(8-6-16)26-21-18-11-23-12-25-19(18)9-20(29-4)22(21)30-15(3)28/h5-9,11-13,26H,10H2,1-4H3,(H,24,27). The number of anilines is 2. The minimum Gasteiger partial charge on any atom is -0.493 e. The quantitative estimate of drug-likeness (QED) is 0.455. The molecule has 156 valence electrons. The van der Waals surface area contributed by atoms with E-state index in [9.17, 15) is 9.59 Å². The first-order valence-corrected chi connectivity index (χ1v) is 9.49. The zero-order valence-corrected chi connectivity index (χ0v) is 17.4. The predicted octanol–water partition coefficient (Wildman–Crippen LogP) is 3.55. The summed E-state index contributed by atoms with van der Waals surface area (Å²) in [4.78, 5) is 31.2. The molecule has 0 saturated carbocycles. The number of aromatic nitrogens is 2. The monoisotopic (exact) mass is 408 g/mol. The van der Waals surface area contributed by atoms with Crippen molar-refractivity contribution in [2.24, 2.45) is 0 Å². The molecular formula is C22H24N4O4. The van der Waals surface area contributed by atoms with Gasteiger partial charge in [-0.25, -0.2) is 9.97 Å². The van der Waals surface area contributed by atoms with Crippen molar-refractivity contribution in [3.05, 3.63) is 48.4 Å². The lowest BCUT2D eigenvalue weighted by molar-refractivity contribution is -0.132. The van der Waals surface area contributed by atoms with Gasteiger partial charge in [-0.15, -0.1) is 0 Å². The normalized spacial score (nSPS) is 11.6. The highest BCUT2D eigenvalue weighted by Gasteiger charge is 2.19. The minimum atomic E-state index is -0.463. The Labute approximate surface area is 174 Å². The Bertz CT molecular complexity index is 1070. The fourth-order valence-electron chi connectivity index (χ4n) is 3.06. The van der Waals surface area contributed by atoms with Gasteiger partial charge in [0.15, 0.2) is 11.5 Å². The largest absolute Gasteiger partial charge is 0.493 e. The molecule has 0 saturated heterocycles. The second kappa shape index (κ2) is 9.21. The van der Waals surface area contributed by atoms with E-state index in [4.69, 9.17) is 9.47 Å². The van der Waals surface area contributed by atoms with Gasteiger partial charge in [-0.05, 0) is 23.6 Å².